The number of para-hydroxylation sites is 1. The predicted octanol–water partition coefficient (Wildman–Crippen LogP) is 5.23. The van der Waals surface area contributed by atoms with E-state index < -0.39 is 5.97 Å². The SMILES string of the molecule is CCc1cc2c(c(C(=O)O)c1Cc1ccccc1)Cc1ccccc1O2. The van der Waals surface area contributed by atoms with Crippen molar-refractivity contribution in [3.63, 3.8) is 0 Å². The lowest BCUT2D eigenvalue weighted by atomic mass is 9.86. The molecule has 0 saturated carbocycles. The van der Waals surface area contributed by atoms with Crippen molar-refractivity contribution in [3.8, 4) is 11.5 Å². The van der Waals surface area contributed by atoms with Crippen LogP contribution in [-0.2, 0) is 19.3 Å². The lowest BCUT2D eigenvalue weighted by molar-refractivity contribution is 0.0694. The summed E-state index contributed by atoms with van der Waals surface area (Å²) >= 11 is 0. The molecule has 0 bridgehead atoms. The summed E-state index contributed by atoms with van der Waals surface area (Å²) in [5, 5.41) is 10.0. The molecule has 0 amide bonds. The van der Waals surface area contributed by atoms with Gasteiger partial charge in [0.1, 0.15) is 11.5 Å². The number of hydrogen-bond donors (Lipinski definition) is 1. The van der Waals surface area contributed by atoms with E-state index in [0.29, 0.717) is 24.2 Å². The maximum Gasteiger partial charge on any atom is 0.336 e. The number of carbonyl (C=O) groups is 1. The number of ether oxygens (including phenoxy) is 1. The van der Waals surface area contributed by atoms with E-state index in [1.807, 2.05) is 60.7 Å². The Hall–Kier alpha value is -3.07. The molecule has 0 radical (unpaired) electrons. The van der Waals surface area contributed by atoms with E-state index in [-0.39, 0.29) is 0 Å². The van der Waals surface area contributed by atoms with Gasteiger partial charge >= 0.3 is 5.97 Å². The number of fused-ring (bicyclic) bond motifs is 2. The van der Waals surface area contributed by atoms with Crippen LogP contribution < -0.4 is 4.74 Å². The summed E-state index contributed by atoms with van der Waals surface area (Å²) < 4.78 is 6.05. The highest BCUT2D eigenvalue weighted by Gasteiger charge is 2.27. The average Bonchev–Trinajstić information content (AvgIpc) is 2.66. The Bertz CT molecular complexity index is 974. The molecule has 1 heterocycles. The van der Waals surface area contributed by atoms with Crippen LogP contribution in [0.15, 0.2) is 60.7 Å². The van der Waals surface area contributed by atoms with Crippen LogP contribution in [-0.4, -0.2) is 11.1 Å². The maximum absolute atomic E-state index is 12.2. The van der Waals surface area contributed by atoms with E-state index in [4.69, 9.17) is 4.74 Å². The Morgan fingerprint density at radius 3 is 2.50 bits per heavy atom. The first-order valence-corrected chi connectivity index (χ1v) is 8.88. The molecule has 0 atom stereocenters. The third-order valence-corrected chi connectivity index (χ3v) is 4.97. The molecule has 1 aliphatic heterocycles. The van der Waals surface area contributed by atoms with Crippen molar-refractivity contribution in [1.29, 1.82) is 0 Å². The molecule has 0 saturated heterocycles. The minimum atomic E-state index is -0.884. The third-order valence-electron chi connectivity index (χ3n) is 4.97. The zero-order chi connectivity index (χ0) is 18.1. The fraction of sp³-hybridized carbons (Fsp3) is 0.174. The molecule has 3 heteroatoms. The van der Waals surface area contributed by atoms with Crippen molar-refractivity contribution in [3.05, 3.63) is 94.0 Å². The topological polar surface area (TPSA) is 46.5 Å². The number of carboxylic acids is 1. The number of aryl methyl sites for hydroxylation is 1. The molecule has 3 aromatic carbocycles. The van der Waals surface area contributed by atoms with E-state index in [2.05, 4.69) is 6.92 Å². The molecule has 0 fully saturated rings. The summed E-state index contributed by atoms with van der Waals surface area (Å²) in [6, 6.07) is 19.9. The highest BCUT2D eigenvalue weighted by atomic mass is 16.5. The van der Waals surface area contributed by atoms with Crippen LogP contribution in [0.4, 0.5) is 0 Å². The Morgan fingerprint density at radius 2 is 1.77 bits per heavy atom. The smallest absolute Gasteiger partial charge is 0.336 e. The molecule has 0 spiro atoms. The second kappa shape index (κ2) is 6.68. The predicted molar refractivity (Wildman–Crippen MR) is 101 cm³/mol. The molecule has 4 rings (SSSR count). The van der Waals surface area contributed by atoms with Gasteiger partial charge in [0.25, 0.3) is 0 Å². The van der Waals surface area contributed by atoms with Crippen molar-refractivity contribution in [2.24, 2.45) is 0 Å². The fourth-order valence-electron chi connectivity index (χ4n) is 3.70. The highest BCUT2D eigenvalue weighted by Crippen LogP contribution is 2.41. The van der Waals surface area contributed by atoms with Crippen LogP contribution in [0.2, 0.25) is 0 Å². The highest BCUT2D eigenvalue weighted by molar-refractivity contribution is 5.93. The summed E-state index contributed by atoms with van der Waals surface area (Å²) in [6.07, 6.45) is 1.96. The summed E-state index contributed by atoms with van der Waals surface area (Å²) in [4.78, 5) is 12.2. The van der Waals surface area contributed by atoms with E-state index in [1.165, 1.54) is 0 Å². The van der Waals surface area contributed by atoms with Crippen LogP contribution in [0.25, 0.3) is 0 Å². The average molecular weight is 344 g/mol. The molecule has 0 aliphatic carbocycles. The van der Waals surface area contributed by atoms with Gasteiger partial charge in [0.15, 0.2) is 0 Å². The summed E-state index contributed by atoms with van der Waals surface area (Å²) in [7, 11) is 0. The standard InChI is InChI=1S/C23H20O3/c1-2-16-14-21-19(13-17-10-6-7-11-20(17)26-21)22(23(24)25)18(16)12-15-8-4-3-5-9-15/h3-11,14H,2,12-13H2,1H3,(H,24,25). The number of rotatable bonds is 4. The quantitative estimate of drug-likeness (QED) is 0.551. The summed E-state index contributed by atoms with van der Waals surface area (Å²) in [5.41, 5.74) is 5.24. The van der Waals surface area contributed by atoms with Crippen LogP contribution >= 0.6 is 0 Å². The first kappa shape index (κ1) is 16.4. The number of hydrogen-bond acceptors (Lipinski definition) is 2. The van der Waals surface area contributed by atoms with Crippen molar-refractivity contribution < 1.29 is 14.6 Å². The second-order valence-electron chi connectivity index (χ2n) is 6.57. The molecule has 26 heavy (non-hydrogen) atoms. The van der Waals surface area contributed by atoms with Crippen molar-refractivity contribution in [2.75, 3.05) is 0 Å². The largest absolute Gasteiger partial charge is 0.478 e. The zero-order valence-electron chi connectivity index (χ0n) is 14.7. The monoisotopic (exact) mass is 344 g/mol. The Labute approximate surface area is 152 Å². The lowest BCUT2D eigenvalue weighted by Crippen LogP contribution is -2.15. The molecule has 0 unspecified atom stereocenters. The van der Waals surface area contributed by atoms with E-state index in [9.17, 15) is 9.90 Å². The van der Waals surface area contributed by atoms with Crippen molar-refractivity contribution in [2.45, 2.75) is 26.2 Å². The Morgan fingerprint density at radius 1 is 1.04 bits per heavy atom. The van der Waals surface area contributed by atoms with Gasteiger partial charge in [-0.15, -0.1) is 0 Å². The molecular formula is C23H20O3. The van der Waals surface area contributed by atoms with E-state index in [0.717, 1.165) is 40.0 Å². The van der Waals surface area contributed by atoms with Gasteiger partial charge in [-0.25, -0.2) is 4.79 Å². The van der Waals surface area contributed by atoms with E-state index >= 15 is 0 Å². The van der Waals surface area contributed by atoms with Crippen LogP contribution in [0.3, 0.4) is 0 Å². The zero-order valence-corrected chi connectivity index (χ0v) is 14.7. The maximum atomic E-state index is 12.2. The molecule has 1 aliphatic rings. The molecule has 3 aromatic rings. The van der Waals surface area contributed by atoms with Gasteiger partial charge < -0.3 is 9.84 Å². The third kappa shape index (κ3) is 2.86. The van der Waals surface area contributed by atoms with Gasteiger partial charge in [-0.05, 0) is 47.2 Å². The molecular weight excluding hydrogens is 324 g/mol. The van der Waals surface area contributed by atoms with Gasteiger partial charge in [0.2, 0.25) is 0 Å². The Balaban J connectivity index is 1.88. The lowest BCUT2D eigenvalue weighted by Gasteiger charge is -2.25. The normalized spacial score (nSPS) is 12.0. The minimum absolute atomic E-state index is 0.401. The molecule has 0 aromatic heterocycles. The van der Waals surface area contributed by atoms with E-state index in [1.54, 1.807) is 0 Å². The van der Waals surface area contributed by atoms with Crippen LogP contribution in [0.5, 0.6) is 11.5 Å². The summed E-state index contributed by atoms with van der Waals surface area (Å²) in [5.74, 6) is 0.606. The van der Waals surface area contributed by atoms with Crippen molar-refractivity contribution in [1.82, 2.24) is 0 Å². The van der Waals surface area contributed by atoms with Gasteiger partial charge in [-0.1, -0.05) is 55.5 Å². The molecule has 3 nitrogen and oxygen atoms in total. The van der Waals surface area contributed by atoms with Crippen LogP contribution in [0, 0.1) is 0 Å². The number of carboxylic acid groups (broad SMARTS) is 1. The number of benzene rings is 3. The van der Waals surface area contributed by atoms with Crippen molar-refractivity contribution >= 4 is 5.97 Å². The number of aromatic carboxylic acids is 1. The van der Waals surface area contributed by atoms with Crippen LogP contribution in [0.1, 0.15) is 45.1 Å². The van der Waals surface area contributed by atoms with Gasteiger partial charge in [0.05, 0.1) is 5.56 Å². The second-order valence-corrected chi connectivity index (χ2v) is 6.57. The van der Waals surface area contributed by atoms with Gasteiger partial charge in [0, 0.05) is 12.0 Å². The molecule has 1 N–H and O–H groups in total. The van der Waals surface area contributed by atoms with Gasteiger partial charge in [-0.2, -0.15) is 0 Å². The first-order valence-electron chi connectivity index (χ1n) is 8.88. The Kier molecular flexibility index (Phi) is 4.21. The fourth-order valence-corrected chi connectivity index (χ4v) is 3.70. The van der Waals surface area contributed by atoms with Gasteiger partial charge in [-0.3, -0.25) is 0 Å². The first-order chi connectivity index (χ1) is 12.7. The minimum Gasteiger partial charge on any atom is -0.478 e. The molecule has 130 valence electrons. The summed E-state index contributed by atoms with van der Waals surface area (Å²) in [6.45, 7) is 2.05.